The largest absolute Gasteiger partial charge is 0.377 e. The van der Waals surface area contributed by atoms with Crippen LogP contribution in [0.2, 0.25) is 0 Å². The van der Waals surface area contributed by atoms with Gasteiger partial charge in [0.1, 0.15) is 14.1 Å². The summed E-state index contributed by atoms with van der Waals surface area (Å²) in [5.74, 6) is 0. The number of rotatable bonds is 4. The van der Waals surface area contributed by atoms with Gasteiger partial charge in [-0.3, -0.25) is 0 Å². The van der Waals surface area contributed by atoms with E-state index >= 15 is 0 Å². The third-order valence-electron chi connectivity index (χ3n) is 4.72. The minimum Gasteiger partial charge on any atom is -0.377 e. The molecule has 0 N–H and O–H groups in total. The van der Waals surface area contributed by atoms with Gasteiger partial charge < -0.3 is 4.90 Å². The van der Waals surface area contributed by atoms with Crippen molar-refractivity contribution in [3.05, 3.63) is 82.0 Å². The minimum atomic E-state index is 1.24. The molecule has 1 aliphatic carbocycles. The monoisotopic (exact) mass is 361 g/mol. The van der Waals surface area contributed by atoms with Gasteiger partial charge >= 0.3 is 0 Å². The maximum atomic E-state index is 2.24. The highest BCUT2D eigenvalue weighted by Crippen LogP contribution is 2.25. The van der Waals surface area contributed by atoms with Gasteiger partial charge in [-0.15, -0.1) is 0 Å². The first-order valence-corrected chi connectivity index (χ1v) is 9.46. The van der Waals surface area contributed by atoms with Crippen LogP contribution < -0.4 is 4.90 Å². The van der Waals surface area contributed by atoms with Crippen LogP contribution in [0.4, 0.5) is 5.69 Å². The molecule has 0 heterocycles. The summed E-state index contributed by atoms with van der Waals surface area (Å²) in [5.41, 5.74) is 10.3. The van der Waals surface area contributed by atoms with Crippen LogP contribution in [-0.4, -0.2) is 38.5 Å². The Morgan fingerprint density at radius 2 is 1.37 bits per heavy atom. The van der Waals surface area contributed by atoms with Crippen LogP contribution in [0.1, 0.15) is 30.5 Å². The fourth-order valence-corrected chi connectivity index (χ4v) is 3.98. The van der Waals surface area contributed by atoms with Crippen LogP contribution in [0, 0.1) is 13.8 Å². The third kappa shape index (κ3) is 5.19. The third-order valence-corrected chi connectivity index (χ3v) is 4.72. The highest BCUT2D eigenvalue weighted by Gasteiger charge is 2.17. The van der Waals surface area contributed by atoms with Crippen molar-refractivity contribution in [2.75, 3.05) is 33.1 Å². The first kappa shape index (κ1) is 20.7. The Bertz CT molecular complexity index is 849. The molecule has 2 heteroatoms. The number of hydrogen-bond acceptors (Lipinski definition) is 1. The Morgan fingerprint density at radius 1 is 0.815 bits per heavy atom. The van der Waals surface area contributed by atoms with E-state index in [1.165, 1.54) is 44.8 Å². The van der Waals surface area contributed by atoms with Crippen molar-refractivity contribution in [3.63, 3.8) is 0 Å². The van der Waals surface area contributed by atoms with Crippen molar-refractivity contribution in [3.8, 4) is 0 Å². The second-order valence-electron chi connectivity index (χ2n) is 7.71. The van der Waals surface area contributed by atoms with Crippen molar-refractivity contribution in [1.82, 2.24) is 0 Å². The maximum absolute atomic E-state index is 2.24. The molecular formula is C25H33N2+. The standard InChI is InChI=1S/C25H33N2/c1-18-14-22(15-19(2)24(18)26(5)6)12-10-9-11-13-23-16-20(3)25(27(7)8)21(4)17-23/h9-17H,1-8H3/q+1. The smallest absolute Gasteiger partial charge is 0.205 e. The molecule has 0 aliphatic heterocycles. The highest BCUT2D eigenvalue weighted by molar-refractivity contribution is 6.10. The van der Waals surface area contributed by atoms with Gasteiger partial charge in [0.25, 0.3) is 0 Å². The quantitative estimate of drug-likeness (QED) is 0.508. The number of aryl methyl sites for hydroxylation is 2. The number of hydrogen-bond donors (Lipinski definition) is 0. The topological polar surface area (TPSA) is 6.25 Å². The Balaban J connectivity index is 2.13. The van der Waals surface area contributed by atoms with Crippen molar-refractivity contribution < 1.29 is 4.58 Å². The zero-order chi connectivity index (χ0) is 20.1. The Morgan fingerprint density at radius 3 is 1.85 bits per heavy atom. The van der Waals surface area contributed by atoms with Gasteiger partial charge in [-0.25, -0.2) is 4.58 Å². The predicted molar refractivity (Wildman–Crippen MR) is 121 cm³/mol. The van der Waals surface area contributed by atoms with Gasteiger partial charge in [-0.05, 0) is 74.2 Å². The first-order valence-electron chi connectivity index (χ1n) is 9.46. The molecule has 142 valence electrons. The van der Waals surface area contributed by atoms with E-state index in [0.29, 0.717) is 0 Å². The molecule has 27 heavy (non-hydrogen) atoms. The van der Waals surface area contributed by atoms with Crippen LogP contribution >= 0.6 is 0 Å². The molecule has 1 aromatic rings. The van der Waals surface area contributed by atoms with Crippen molar-refractivity contribution in [2.45, 2.75) is 27.7 Å². The highest BCUT2D eigenvalue weighted by atomic mass is 15.1. The fourth-order valence-electron chi connectivity index (χ4n) is 3.98. The fraction of sp³-hybridized carbons (Fsp3) is 0.320. The van der Waals surface area contributed by atoms with E-state index < -0.39 is 0 Å². The molecule has 0 radical (unpaired) electrons. The van der Waals surface area contributed by atoms with Crippen LogP contribution in [0.25, 0.3) is 6.08 Å². The summed E-state index contributed by atoms with van der Waals surface area (Å²) in [7, 11) is 8.38. The van der Waals surface area contributed by atoms with Crippen molar-refractivity contribution >= 4 is 17.5 Å². The molecule has 0 saturated heterocycles. The zero-order valence-electron chi connectivity index (χ0n) is 18.1. The molecule has 0 amide bonds. The molecular weight excluding hydrogens is 328 g/mol. The molecule has 0 spiro atoms. The summed E-state index contributed by atoms with van der Waals surface area (Å²) < 4.78 is 2.18. The average molecular weight is 362 g/mol. The lowest BCUT2D eigenvalue weighted by Crippen LogP contribution is -2.18. The molecule has 0 bridgehead atoms. The molecule has 2 rings (SSSR count). The molecule has 0 unspecified atom stereocenters. The first-order chi connectivity index (χ1) is 12.7. The van der Waals surface area contributed by atoms with Crippen molar-refractivity contribution in [2.24, 2.45) is 0 Å². The van der Waals surface area contributed by atoms with Gasteiger partial charge in [0.05, 0.1) is 0 Å². The lowest BCUT2D eigenvalue weighted by atomic mass is 9.94. The summed E-state index contributed by atoms with van der Waals surface area (Å²) in [6, 6.07) is 4.48. The summed E-state index contributed by atoms with van der Waals surface area (Å²) in [5, 5.41) is 0. The van der Waals surface area contributed by atoms with Gasteiger partial charge in [-0.1, -0.05) is 30.4 Å². The SMILES string of the molecule is CC1=CC(=C/C=C/C=C/c2cc(C)c(N(C)C)c(C)c2)C=C(C)C1=[N+](C)C. The number of benzene rings is 1. The van der Waals surface area contributed by atoms with E-state index in [1.807, 2.05) is 0 Å². The lowest BCUT2D eigenvalue weighted by Gasteiger charge is -2.19. The van der Waals surface area contributed by atoms with Crippen molar-refractivity contribution in [1.29, 1.82) is 0 Å². The number of allylic oxidation sites excluding steroid dienone is 9. The molecule has 0 saturated carbocycles. The van der Waals surface area contributed by atoms with E-state index in [0.717, 1.165) is 0 Å². The van der Waals surface area contributed by atoms with Gasteiger partial charge in [0.15, 0.2) is 0 Å². The van der Waals surface area contributed by atoms with E-state index in [-0.39, 0.29) is 0 Å². The van der Waals surface area contributed by atoms with E-state index in [2.05, 4.69) is 120 Å². The van der Waals surface area contributed by atoms with E-state index in [1.54, 1.807) is 0 Å². The van der Waals surface area contributed by atoms with Crippen LogP contribution in [0.15, 0.2) is 65.3 Å². The van der Waals surface area contributed by atoms with Crippen LogP contribution in [0.3, 0.4) is 0 Å². The average Bonchev–Trinajstić information content (AvgIpc) is 2.52. The van der Waals surface area contributed by atoms with E-state index in [9.17, 15) is 0 Å². The van der Waals surface area contributed by atoms with Gasteiger partial charge in [0.2, 0.25) is 5.71 Å². The zero-order valence-corrected chi connectivity index (χ0v) is 18.1. The number of anilines is 1. The van der Waals surface area contributed by atoms with E-state index in [4.69, 9.17) is 0 Å². The van der Waals surface area contributed by atoms with Crippen LogP contribution in [-0.2, 0) is 0 Å². The molecule has 0 aromatic heterocycles. The summed E-state index contributed by atoms with van der Waals surface area (Å²) in [6.45, 7) is 8.69. The lowest BCUT2D eigenvalue weighted by molar-refractivity contribution is -0.463. The molecule has 0 fully saturated rings. The number of nitrogens with zero attached hydrogens (tertiary/aromatic N) is 2. The Labute approximate surface area is 165 Å². The predicted octanol–water partition coefficient (Wildman–Crippen LogP) is 5.48. The molecule has 1 aromatic carbocycles. The Hall–Kier alpha value is -2.61. The summed E-state index contributed by atoms with van der Waals surface area (Å²) in [4.78, 5) is 2.18. The normalized spacial score (nSPS) is 14.7. The Kier molecular flexibility index (Phi) is 6.79. The van der Waals surface area contributed by atoms with Gasteiger partial charge in [-0.2, -0.15) is 0 Å². The molecule has 2 nitrogen and oxygen atoms in total. The van der Waals surface area contributed by atoms with Crippen LogP contribution in [0.5, 0.6) is 0 Å². The molecule has 0 atom stereocenters. The second kappa shape index (κ2) is 8.85. The second-order valence-corrected chi connectivity index (χ2v) is 7.71. The minimum absolute atomic E-state index is 1.24. The molecule has 1 aliphatic rings. The summed E-state index contributed by atoms with van der Waals surface area (Å²) in [6.07, 6.45) is 15.1. The summed E-state index contributed by atoms with van der Waals surface area (Å²) >= 11 is 0. The maximum Gasteiger partial charge on any atom is 0.205 e. The van der Waals surface area contributed by atoms with Gasteiger partial charge in [0, 0.05) is 30.9 Å².